The third-order valence-corrected chi connectivity index (χ3v) is 5.54. The number of nitrogens with one attached hydrogen (secondary N) is 1. The number of nitrogens with zero attached hydrogens (tertiary/aromatic N) is 1. The summed E-state index contributed by atoms with van der Waals surface area (Å²) in [7, 11) is 0. The fraction of sp³-hybridized carbons (Fsp3) is 0.435. The van der Waals surface area contributed by atoms with E-state index in [9.17, 15) is 9.18 Å². The van der Waals surface area contributed by atoms with Crippen molar-refractivity contribution in [1.29, 1.82) is 0 Å². The Kier molecular flexibility index (Phi) is 6.27. The van der Waals surface area contributed by atoms with Crippen LogP contribution >= 0.6 is 0 Å². The Balaban J connectivity index is 1.50. The van der Waals surface area contributed by atoms with E-state index in [-0.39, 0.29) is 23.7 Å². The van der Waals surface area contributed by atoms with Crippen molar-refractivity contribution in [3.63, 3.8) is 0 Å². The molecule has 144 valence electrons. The van der Waals surface area contributed by atoms with Crippen LogP contribution in [-0.4, -0.2) is 23.9 Å². The molecule has 4 heteroatoms. The number of carbonyl (C=O) groups excluding carboxylic acids is 1. The summed E-state index contributed by atoms with van der Waals surface area (Å²) in [5, 5.41) is 3.21. The van der Waals surface area contributed by atoms with Crippen LogP contribution in [0.15, 0.2) is 42.5 Å². The lowest BCUT2D eigenvalue weighted by Crippen LogP contribution is -2.41. The predicted octanol–water partition coefficient (Wildman–Crippen LogP) is 4.53. The summed E-state index contributed by atoms with van der Waals surface area (Å²) in [6.45, 7) is 8.83. The number of halogens is 1. The maximum absolute atomic E-state index is 13.0. The molecule has 3 nitrogen and oxygen atoms in total. The van der Waals surface area contributed by atoms with Crippen LogP contribution in [0.25, 0.3) is 0 Å². The Morgan fingerprint density at radius 3 is 2.48 bits per heavy atom. The molecule has 1 atom stereocenters. The molecule has 0 spiro atoms. The van der Waals surface area contributed by atoms with E-state index in [2.05, 4.69) is 49.2 Å². The van der Waals surface area contributed by atoms with Gasteiger partial charge in [0.1, 0.15) is 5.82 Å². The molecular weight excluding hydrogens is 339 g/mol. The van der Waals surface area contributed by atoms with E-state index in [1.165, 1.54) is 28.8 Å². The van der Waals surface area contributed by atoms with E-state index >= 15 is 0 Å². The highest BCUT2D eigenvalue weighted by Gasteiger charge is 2.26. The van der Waals surface area contributed by atoms with Crippen molar-refractivity contribution in [1.82, 2.24) is 10.2 Å². The van der Waals surface area contributed by atoms with Gasteiger partial charge >= 0.3 is 0 Å². The van der Waals surface area contributed by atoms with E-state index in [1.54, 1.807) is 0 Å². The third-order valence-electron chi connectivity index (χ3n) is 5.54. The molecule has 27 heavy (non-hydrogen) atoms. The molecule has 2 aromatic rings. The molecule has 1 heterocycles. The number of hydrogen-bond donors (Lipinski definition) is 1. The number of carbonyl (C=O) groups is 1. The van der Waals surface area contributed by atoms with Crippen molar-refractivity contribution in [3.8, 4) is 0 Å². The van der Waals surface area contributed by atoms with Crippen molar-refractivity contribution in [3.05, 3.63) is 70.5 Å². The lowest BCUT2D eigenvalue weighted by atomic mass is 9.94. The number of benzene rings is 2. The molecule has 1 unspecified atom stereocenters. The first-order valence-corrected chi connectivity index (χ1v) is 9.76. The zero-order valence-electron chi connectivity index (χ0n) is 16.5. The van der Waals surface area contributed by atoms with Crippen molar-refractivity contribution >= 4 is 5.91 Å². The minimum atomic E-state index is -0.202. The topological polar surface area (TPSA) is 32.3 Å². The van der Waals surface area contributed by atoms with Crippen molar-refractivity contribution in [2.24, 2.45) is 5.92 Å². The fourth-order valence-corrected chi connectivity index (χ4v) is 3.84. The van der Waals surface area contributed by atoms with Gasteiger partial charge in [0, 0.05) is 12.5 Å². The SMILES string of the molecule is Cc1ccc(C)c(C(C)NC(=O)C2CCN(Cc3ccc(F)cc3)CC2)c1. The third kappa shape index (κ3) is 5.16. The molecular formula is C23H29FN2O. The molecule has 1 aliphatic heterocycles. The van der Waals surface area contributed by atoms with E-state index in [0.717, 1.165) is 38.0 Å². The van der Waals surface area contributed by atoms with Gasteiger partial charge in [-0.25, -0.2) is 4.39 Å². The largest absolute Gasteiger partial charge is 0.349 e. The number of amides is 1. The Labute approximate surface area is 161 Å². The second-order valence-corrected chi connectivity index (χ2v) is 7.77. The first kappa shape index (κ1) is 19.6. The summed E-state index contributed by atoms with van der Waals surface area (Å²) in [6.07, 6.45) is 1.74. The summed E-state index contributed by atoms with van der Waals surface area (Å²) >= 11 is 0. The number of hydrogen-bond acceptors (Lipinski definition) is 2. The molecule has 1 amide bonds. The van der Waals surface area contributed by atoms with Gasteiger partial charge in [-0.05, 0) is 75.5 Å². The van der Waals surface area contributed by atoms with Crippen LogP contribution in [0.2, 0.25) is 0 Å². The van der Waals surface area contributed by atoms with E-state index in [1.807, 2.05) is 12.1 Å². The highest BCUT2D eigenvalue weighted by molar-refractivity contribution is 5.79. The van der Waals surface area contributed by atoms with Crippen LogP contribution in [0.1, 0.15) is 48.1 Å². The first-order chi connectivity index (χ1) is 12.9. The Bertz CT molecular complexity index is 779. The van der Waals surface area contributed by atoms with Gasteiger partial charge < -0.3 is 5.32 Å². The molecule has 2 aromatic carbocycles. The van der Waals surface area contributed by atoms with Crippen LogP contribution in [0.3, 0.4) is 0 Å². The molecule has 0 bridgehead atoms. The lowest BCUT2D eigenvalue weighted by molar-refractivity contribution is -0.127. The predicted molar refractivity (Wildman–Crippen MR) is 107 cm³/mol. The zero-order chi connectivity index (χ0) is 19.4. The number of rotatable bonds is 5. The van der Waals surface area contributed by atoms with E-state index in [0.29, 0.717) is 0 Å². The summed E-state index contributed by atoms with van der Waals surface area (Å²) in [6, 6.07) is 13.1. The van der Waals surface area contributed by atoms with Gasteiger partial charge in [0.25, 0.3) is 0 Å². The lowest BCUT2D eigenvalue weighted by Gasteiger charge is -2.32. The number of likely N-dealkylation sites (tertiary alicyclic amines) is 1. The van der Waals surface area contributed by atoms with E-state index in [4.69, 9.17) is 0 Å². The second kappa shape index (κ2) is 8.66. The maximum atomic E-state index is 13.0. The van der Waals surface area contributed by atoms with Gasteiger partial charge in [-0.2, -0.15) is 0 Å². The van der Waals surface area contributed by atoms with Crippen LogP contribution in [0.4, 0.5) is 4.39 Å². The van der Waals surface area contributed by atoms with Crippen molar-refractivity contribution in [2.75, 3.05) is 13.1 Å². The standard InChI is InChI=1S/C23H29FN2O/c1-16-4-5-17(2)22(14-16)18(3)25-23(27)20-10-12-26(13-11-20)15-19-6-8-21(24)9-7-19/h4-9,14,18,20H,10-13,15H2,1-3H3,(H,25,27). The molecule has 1 aliphatic rings. The van der Waals surface area contributed by atoms with Gasteiger partial charge in [-0.3, -0.25) is 9.69 Å². The second-order valence-electron chi connectivity index (χ2n) is 7.77. The quantitative estimate of drug-likeness (QED) is 0.841. The summed E-state index contributed by atoms with van der Waals surface area (Å²) < 4.78 is 13.0. The van der Waals surface area contributed by atoms with Gasteiger partial charge in [0.15, 0.2) is 0 Å². The molecule has 0 aromatic heterocycles. The summed E-state index contributed by atoms with van der Waals surface area (Å²) in [5.41, 5.74) is 4.73. The van der Waals surface area contributed by atoms with Gasteiger partial charge in [-0.1, -0.05) is 35.9 Å². The average molecular weight is 368 g/mol. The zero-order valence-corrected chi connectivity index (χ0v) is 16.5. The van der Waals surface area contributed by atoms with Gasteiger partial charge in [0.05, 0.1) is 6.04 Å². The normalized spacial score (nSPS) is 16.9. The molecule has 0 saturated carbocycles. The van der Waals surface area contributed by atoms with Crippen LogP contribution in [-0.2, 0) is 11.3 Å². The first-order valence-electron chi connectivity index (χ1n) is 9.76. The number of aryl methyl sites for hydroxylation is 2. The monoisotopic (exact) mass is 368 g/mol. The van der Waals surface area contributed by atoms with Crippen LogP contribution < -0.4 is 5.32 Å². The fourth-order valence-electron chi connectivity index (χ4n) is 3.84. The maximum Gasteiger partial charge on any atom is 0.223 e. The number of piperidine rings is 1. The molecule has 1 N–H and O–H groups in total. The summed E-state index contributed by atoms with van der Waals surface area (Å²) in [5.74, 6) is 0.0268. The van der Waals surface area contributed by atoms with Crippen LogP contribution in [0.5, 0.6) is 0 Å². The van der Waals surface area contributed by atoms with Crippen LogP contribution in [0, 0.1) is 25.6 Å². The smallest absolute Gasteiger partial charge is 0.223 e. The van der Waals surface area contributed by atoms with Crippen molar-refractivity contribution in [2.45, 2.75) is 46.2 Å². The minimum Gasteiger partial charge on any atom is -0.349 e. The van der Waals surface area contributed by atoms with Gasteiger partial charge in [0.2, 0.25) is 5.91 Å². The van der Waals surface area contributed by atoms with Crippen molar-refractivity contribution < 1.29 is 9.18 Å². The molecule has 1 fully saturated rings. The summed E-state index contributed by atoms with van der Waals surface area (Å²) in [4.78, 5) is 15.0. The molecule has 1 saturated heterocycles. The van der Waals surface area contributed by atoms with Gasteiger partial charge in [-0.15, -0.1) is 0 Å². The minimum absolute atomic E-state index is 0.0228. The molecule has 0 aliphatic carbocycles. The highest BCUT2D eigenvalue weighted by atomic mass is 19.1. The molecule has 3 rings (SSSR count). The highest BCUT2D eigenvalue weighted by Crippen LogP contribution is 2.23. The molecule has 0 radical (unpaired) electrons. The van der Waals surface area contributed by atoms with E-state index < -0.39 is 0 Å². The Morgan fingerprint density at radius 1 is 1.15 bits per heavy atom. The Hall–Kier alpha value is -2.20. The Morgan fingerprint density at radius 2 is 1.81 bits per heavy atom. The average Bonchev–Trinajstić information content (AvgIpc) is 2.66.